The molecule has 1 heterocycles. The van der Waals surface area contributed by atoms with Gasteiger partial charge in [0.25, 0.3) is 5.91 Å². The fraction of sp³-hybridized carbons (Fsp3) is 0.227. The van der Waals surface area contributed by atoms with Crippen molar-refractivity contribution in [3.63, 3.8) is 0 Å². The zero-order chi connectivity index (χ0) is 20.3. The van der Waals surface area contributed by atoms with Gasteiger partial charge in [0, 0.05) is 22.0 Å². The van der Waals surface area contributed by atoms with Crippen LogP contribution < -0.4 is 5.32 Å². The minimum atomic E-state index is -0.557. The maximum Gasteiger partial charge on any atom is 0.339 e. The molecule has 0 aliphatic carbocycles. The lowest BCUT2D eigenvalue weighted by Crippen LogP contribution is -2.34. The Morgan fingerprint density at radius 1 is 1.14 bits per heavy atom. The Bertz CT molecular complexity index is 1050. The molecule has 0 fully saturated rings. The molecular weight excluding hydrogens is 376 g/mol. The maximum absolute atomic E-state index is 12.9. The summed E-state index contributed by atoms with van der Waals surface area (Å²) in [5.41, 5.74) is 3.21. The first-order valence-electron chi connectivity index (χ1n) is 8.98. The van der Waals surface area contributed by atoms with Crippen molar-refractivity contribution in [2.75, 3.05) is 6.61 Å². The van der Waals surface area contributed by atoms with Gasteiger partial charge in [-0.25, -0.2) is 9.78 Å². The number of halogens is 1. The molecule has 28 heavy (non-hydrogen) atoms. The molecule has 0 radical (unpaired) electrons. The molecule has 0 aliphatic heterocycles. The van der Waals surface area contributed by atoms with Crippen LogP contribution in [-0.2, 0) is 9.53 Å². The minimum Gasteiger partial charge on any atom is -0.452 e. The molecule has 2 aromatic carbocycles. The number of fused-ring (bicyclic) bond motifs is 1. The molecule has 0 bridgehead atoms. The molecule has 0 spiro atoms. The summed E-state index contributed by atoms with van der Waals surface area (Å²) in [6, 6.07) is 14.6. The van der Waals surface area contributed by atoms with Crippen molar-refractivity contribution in [1.29, 1.82) is 0 Å². The number of nitrogens with zero attached hydrogens (tertiary/aromatic N) is 1. The summed E-state index contributed by atoms with van der Waals surface area (Å²) in [4.78, 5) is 29.4. The van der Waals surface area contributed by atoms with Crippen molar-refractivity contribution in [1.82, 2.24) is 10.3 Å². The van der Waals surface area contributed by atoms with E-state index >= 15 is 0 Å². The number of carbonyl (C=O) groups excluding carboxylic acids is 2. The van der Waals surface area contributed by atoms with Gasteiger partial charge in [0.1, 0.15) is 0 Å². The lowest BCUT2D eigenvalue weighted by atomic mass is 9.98. The zero-order valence-electron chi connectivity index (χ0n) is 16.0. The van der Waals surface area contributed by atoms with E-state index in [1.807, 2.05) is 57.2 Å². The van der Waals surface area contributed by atoms with Gasteiger partial charge in [-0.3, -0.25) is 4.79 Å². The van der Waals surface area contributed by atoms with E-state index in [4.69, 9.17) is 21.3 Å². The number of aromatic nitrogens is 1. The summed E-state index contributed by atoms with van der Waals surface area (Å²) in [5.74, 6) is -0.896. The molecule has 3 aromatic rings. The lowest BCUT2D eigenvalue weighted by Gasteiger charge is -2.15. The Morgan fingerprint density at radius 2 is 1.89 bits per heavy atom. The molecule has 0 saturated carbocycles. The Kier molecular flexibility index (Phi) is 5.95. The predicted octanol–water partition coefficient (Wildman–Crippen LogP) is 4.55. The van der Waals surface area contributed by atoms with E-state index in [0.717, 1.165) is 5.56 Å². The quantitative estimate of drug-likeness (QED) is 0.642. The molecule has 1 aromatic heterocycles. The predicted molar refractivity (Wildman–Crippen MR) is 110 cm³/mol. The second-order valence-electron chi connectivity index (χ2n) is 6.79. The Labute approximate surface area is 168 Å². The zero-order valence-corrected chi connectivity index (χ0v) is 16.7. The smallest absolute Gasteiger partial charge is 0.339 e. The third-order valence-corrected chi connectivity index (χ3v) is 4.46. The molecule has 0 saturated heterocycles. The van der Waals surface area contributed by atoms with Crippen LogP contribution in [-0.4, -0.2) is 29.5 Å². The second-order valence-corrected chi connectivity index (χ2v) is 7.22. The first-order valence-corrected chi connectivity index (χ1v) is 9.36. The standard InChI is InChI=1S/C22H21ClN2O3/c1-13(2)24-19(26)12-28-22(27)20-14(3)21(15-7-6-8-16(23)11-15)25-18-10-5-4-9-17(18)20/h4-11,13H,12H2,1-3H3,(H,24,26). The van der Waals surface area contributed by atoms with Gasteiger partial charge in [-0.15, -0.1) is 0 Å². The van der Waals surface area contributed by atoms with Gasteiger partial charge in [-0.1, -0.05) is 41.9 Å². The number of hydrogen-bond acceptors (Lipinski definition) is 4. The van der Waals surface area contributed by atoms with E-state index in [2.05, 4.69) is 5.32 Å². The Morgan fingerprint density at radius 3 is 2.61 bits per heavy atom. The highest BCUT2D eigenvalue weighted by molar-refractivity contribution is 6.30. The van der Waals surface area contributed by atoms with Gasteiger partial charge in [-0.05, 0) is 44.5 Å². The third kappa shape index (κ3) is 4.31. The van der Waals surface area contributed by atoms with Crippen LogP contribution in [0.25, 0.3) is 22.2 Å². The van der Waals surface area contributed by atoms with Crippen LogP contribution in [0.3, 0.4) is 0 Å². The van der Waals surface area contributed by atoms with Crippen LogP contribution in [0, 0.1) is 6.92 Å². The van der Waals surface area contributed by atoms with Gasteiger partial charge < -0.3 is 10.1 Å². The van der Waals surface area contributed by atoms with Gasteiger partial charge in [-0.2, -0.15) is 0 Å². The molecule has 6 heteroatoms. The Hall–Kier alpha value is -2.92. The van der Waals surface area contributed by atoms with Crippen molar-refractivity contribution in [3.8, 4) is 11.3 Å². The summed E-state index contributed by atoms with van der Waals surface area (Å²) in [5, 5.41) is 3.97. The molecule has 0 unspecified atom stereocenters. The van der Waals surface area contributed by atoms with Crippen LogP contribution >= 0.6 is 11.6 Å². The SMILES string of the molecule is Cc1c(-c2cccc(Cl)c2)nc2ccccc2c1C(=O)OCC(=O)NC(C)C. The third-order valence-electron chi connectivity index (χ3n) is 4.22. The fourth-order valence-electron chi connectivity index (χ4n) is 3.05. The summed E-state index contributed by atoms with van der Waals surface area (Å²) < 4.78 is 5.29. The average molecular weight is 397 g/mol. The van der Waals surface area contributed by atoms with Gasteiger partial charge in [0.2, 0.25) is 0 Å². The first kappa shape index (κ1) is 19.8. The molecular formula is C22H21ClN2O3. The topological polar surface area (TPSA) is 68.3 Å². The summed E-state index contributed by atoms with van der Waals surface area (Å²) in [7, 11) is 0. The summed E-state index contributed by atoms with van der Waals surface area (Å²) in [6.45, 7) is 5.18. The van der Waals surface area contributed by atoms with Gasteiger partial charge >= 0.3 is 5.97 Å². The van der Waals surface area contributed by atoms with Crippen LogP contribution in [0.5, 0.6) is 0 Å². The molecule has 0 atom stereocenters. The van der Waals surface area contributed by atoms with Crippen molar-refractivity contribution in [3.05, 3.63) is 64.7 Å². The molecule has 5 nitrogen and oxygen atoms in total. The van der Waals surface area contributed by atoms with Crippen LogP contribution in [0.2, 0.25) is 5.02 Å². The Balaban J connectivity index is 2.04. The molecule has 144 valence electrons. The highest BCUT2D eigenvalue weighted by Crippen LogP contribution is 2.31. The molecule has 3 rings (SSSR count). The van der Waals surface area contributed by atoms with E-state index in [0.29, 0.717) is 32.7 Å². The van der Waals surface area contributed by atoms with Crippen LogP contribution in [0.15, 0.2) is 48.5 Å². The van der Waals surface area contributed by atoms with Crippen molar-refractivity contribution >= 4 is 34.4 Å². The van der Waals surface area contributed by atoms with Gasteiger partial charge in [0.05, 0.1) is 16.8 Å². The van der Waals surface area contributed by atoms with Crippen molar-refractivity contribution in [2.45, 2.75) is 26.8 Å². The van der Waals surface area contributed by atoms with E-state index in [9.17, 15) is 9.59 Å². The number of amides is 1. The largest absolute Gasteiger partial charge is 0.452 e. The maximum atomic E-state index is 12.9. The van der Waals surface area contributed by atoms with E-state index < -0.39 is 5.97 Å². The number of para-hydroxylation sites is 1. The van der Waals surface area contributed by atoms with E-state index in [1.54, 1.807) is 12.1 Å². The molecule has 1 amide bonds. The number of esters is 1. The minimum absolute atomic E-state index is 0.0240. The van der Waals surface area contributed by atoms with E-state index in [-0.39, 0.29) is 18.6 Å². The number of pyridine rings is 1. The monoisotopic (exact) mass is 396 g/mol. The first-order chi connectivity index (χ1) is 13.4. The number of hydrogen-bond donors (Lipinski definition) is 1. The number of benzene rings is 2. The van der Waals surface area contributed by atoms with Gasteiger partial charge in [0.15, 0.2) is 6.61 Å². The second kappa shape index (κ2) is 8.40. The van der Waals surface area contributed by atoms with Crippen LogP contribution in [0.4, 0.5) is 0 Å². The number of ether oxygens (including phenoxy) is 1. The molecule has 0 aliphatic rings. The van der Waals surface area contributed by atoms with Crippen molar-refractivity contribution in [2.24, 2.45) is 0 Å². The molecule has 1 N–H and O–H groups in total. The fourth-order valence-corrected chi connectivity index (χ4v) is 3.24. The van der Waals surface area contributed by atoms with Crippen LogP contribution in [0.1, 0.15) is 29.8 Å². The summed E-state index contributed by atoms with van der Waals surface area (Å²) in [6.07, 6.45) is 0. The number of rotatable bonds is 5. The van der Waals surface area contributed by atoms with Crippen molar-refractivity contribution < 1.29 is 14.3 Å². The number of carbonyl (C=O) groups is 2. The number of nitrogens with one attached hydrogen (secondary N) is 1. The summed E-state index contributed by atoms with van der Waals surface area (Å²) >= 11 is 6.13. The highest BCUT2D eigenvalue weighted by Gasteiger charge is 2.21. The average Bonchev–Trinajstić information content (AvgIpc) is 2.65. The normalized spacial score (nSPS) is 10.9. The lowest BCUT2D eigenvalue weighted by molar-refractivity contribution is -0.124. The van der Waals surface area contributed by atoms with E-state index in [1.165, 1.54) is 0 Å². The highest BCUT2D eigenvalue weighted by atomic mass is 35.5.